The van der Waals surface area contributed by atoms with E-state index in [2.05, 4.69) is 29.4 Å². The van der Waals surface area contributed by atoms with E-state index in [1.54, 1.807) is 13.0 Å². The molecular formula is C21H22FN3O3S. The summed E-state index contributed by atoms with van der Waals surface area (Å²) in [5.41, 5.74) is 2.46. The molecule has 3 rings (SSSR count). The minimum Gasteiger partial charge on any atom is -0.484 e. The average molecular weight is 415 g/mol. The van der Waals surface area contributed by atoms with Crippen LogP contribution in [0.15, 0.2) is 52.1 Å². The number of ether oxygens (including phenoxy) is 1. The van der Waals surface area contributed by atoms with Crippen molar-refractivity contribution in [2.24, 2.45) is 0 Å². The summed E-state index contributed by atoms with van der Waals surface area (Å²) in [5, 5.41) is 10.8. The average Bonchev–Trinajstić information content (AvgIpc) is 3.16. The highest BCUT2D eigenvalue weighted by molar-refractivity contribution is 7.99. The van der Waals surface area contributed by atoms with Gasteiger partial charge >= 0.3 is 0 Å². The van der Waals surface area contributed by atoms with E-state index in [1.807, 2.05) is 24.3 Å². The highest BCUT2D eigenvalue weighted by Crippen LogP contribution is 2.21. The molecule has 6 nitrogen and oxygen atoms in total. The van der Waals surface area contributed by atoms with E-state index >= 15 is 0 Å². The van der Waals surface area contributed by atoms with E-state index in [0.717, 1.165) is 17.3 Å². The van der Waals surface area contributed by atoms with Crippen LogP contribution in [0.1, 0.15) is 36.8 Å². The molecule has 1 aromatic heterocycles. The molecule has 0 fully saturated rings. The van der Waals surface area contributed by atoms with Gasteiger partial charge in [0.2, 0.25) is 5.91 Å². The van der Waals surface area contributed by atoms with Crippen LogP contribution in [0, 0.1) is 12.7 Å². The minimum atomic E-state index is -0.404. The summed E-state index contributed by atoms with van der Waals surface area (Å²) >= 11 is 1.10. The van der Waals surface area contributed by atoms with Crippen molar-refractivity contribution >= 4 is 23.4 Å². The molecular weight excluding hydrogens is 393 g/mol. The Kier molecular flexibility index (Phi) is 6.87. The number of amides is 1. The van der Waals surface area contributed by atoms with E-state index in [-0.39, 0.29) is 23.5 Å². The van der Waals surface area contributed by atoms with Crippen molar-refractivity contribution in [3.05, 3.63) is 65.3 Å². The third-order valence-corrected chi connectivity index (χ3v) is 4.98. The number of benzene rings is 2. The molecule has 0 aliphatic heterocycles. The maximum Gasteiger partial charge on any atom is 0.277 e. The molecule has 29 heavy (non-hydrogen) atoms. The van der Waals surface area contributed by atoms with Gasteiger partial charge in [0, 0.05) is 5.69 Å². The van der Waals surface area contributed by atoms with Crippen molar-refractivity contribution in [1.82, 2.24) is 10.2 Å². The van der Waals surface area contributed by atoms with Crippen LogP contribution < -0.4 is 10.1 Å². The first-order valence-electron chi connectivity index (χ1n) is 9.14. The fraction of sp³-hybridized carbons (Fsp3) is 0.286. The zero-order valence-electron chi connectivity index (χ0n) is 16.4. The van der Waals surface area contributed by atoms with E-state index in [9.17, 15) is 9.18 Å². The Labute approximate surface area is 172 Å². The van der Waals surface area contributed by atoms with Gasteiger partial charge in [-0.2, -0.15) is 0 Å². The molecule has 1 heterocycles. The lowest BCUT2D eigenvalue weighted by Gasteiger charge is -2.07. The largest absolute Gasteiger partial charge is 0.484 e. The third kappa shape index (κ3) is 6.05. The lowest BCUT2D eigenvalue weighted by molar-refractivity contribution is -0.113. The number of nitrogens with one attached hydrogen (secondary N) is 1. The van der Waals surface area contributed by atoms with Crippen LogP contribution in [0.4, 0.5) is 10.1 Å². The molecule has 0 saturated heterocycles. The molecule has 2 aromatic carbocycles. The van der Waals surface area contributed by atoms with Crippen molar-refractivity contribution in [3.63, 3.8) is 0 Å². The SMILES string of the molecule is Cc1ccc(F)cc1NC(=O)CSc1nnc(COc2ccc(C(C)C)cc2)o1. The number of aryl methyl sites for hydroxylation is 1. The normalized spacial score (nSPS) is 10.9. The number of rotatable bonds is 8. The summed E-state index contributed by atoms with van der Waals surface area (Å²) in [7, 11) is 0. The topological polar surface area (TPSA) is 77.2 Å². The maximum atomic E-state index is 13.3. The second-order valence-corrected chi connectivity index (χ2v) is 7.70. The van der Waals surface area contributed by atoms with Crippen molar-refractivity contribution < 1.29 is 18.3 Å². The van der Waals surface area contributed by atoms with E-state index in [0.29, 0.717) is 23.2 Å². The number of anilines is 1. The van der Waals surface area contributed by atoms with E-state index < -0.39 is 5.82 Å². The Morgan fingerprint density at radius 2 is 1.97 bits per heavy atom. The van der Waals surface area contributed by atoms with Gasteiger partial charge in [0.25, 0.3) is 11.1 Å². The molecule has 152 valence electrons. The standard InChI is InChI=1S/C21H22FN3O3S/c1-13(2)15-5-8-17(9-6-15)27-11-20-24-25-21(28-20)29-12-19(26)23-18-10-16(22)7-4-14(18)3/h4-10,13H,11-12H2,1-3H3,(H,23,26). The summed E-state index contributed by atoms with van der Waals surface area (Å²) < 4.78 is 24.4. The Hall–Kier alpha value is -2.87. The van der Waals surface area contributed by atoms with Gasteiger partial charge in [-0.15, -0.1) is 10.2 Å². The Morgan fingerprint density at radius 3 is 2.69 bits per heavy atom. The van der Waals surface area contributed by atoms with Gasteiger partial charge in [-0.3, -0.25) is 4.79 Å². The van der Waals surface area contributed by atoms with Gasteiger partial charge < -0.3 is 14.5 Å². The molecule has 0 unspecified atom stereocenters. The van der Waals surface area contributed by atoms with Crippen LogP contribution in [-0.2, 0) is 11.4 Å². The summed E-state index contributed by atoms with van der Waals surface area (Å²) in [5.74, 6) is 0.869. The number of aromatic nitrogens is 2. The van der Waals surface area contributed by atoms with Crippen molar-refractivity contribution in [2.45, 2.75) is 38.5 Å². The Balaban J connectivity index is 1.47. The minimum absolute atomic E-state index is 0.0646. The van der Waals surface area contributed by atoms with Crippen LogP contribution in [0.2, 0.25) is 0 Å². The first-order valence-corrected chi connectivity index (χ1v) is 10.1. The number of nitrogens with zero attached hydrogens (tertiary/aromatic N) is 2. The van der Waals surface area contributed by atoms with Crippen LogP contribution >= 0.6 is 11.8 Å². The number of carbonyl (C=O) groups is 1. The van der Waals surface area contributed by atoms with Crippen LogP contribution in [0.25, 0.3) is 0 Å². The van der Waals surface area contributed by atoms with Crippen LogP contribution in [0.3, 0.4) is 0 Å². The summed E-state index contributed by atoms with van der Waals surface area (Å²) in [6.07, 6.45) is 0. The van der Waals surface area contributed by atoms with Crippen LogP contribution in [-0.4, -0.2) is 21.9 Å². The molecule has 0 saturated carbocycles. The Bertz CT molecular complexity index is 974. The van der Waals surface area contributed by atoms with Crippen molar-refractivity contribution in [2.75, 3.05) is 11.1 Å². The molecule has 0 aliphatic rings. The molecule has 8 heteroatoms. The lowest BCUT2D eigenvalue weighted by Crippen LogP contribution is -2.15. The summed E-state index contributed by atoms with van der Waals surface area (Å²) in [4.78, 5) is 12.1. The second kappa shape index (κ2) is 9.56. The number of hydrogen-bond acceptors (Lipinski definition) is 6. The predicted octanol–water partition coefficient (Wildman–Crippen LogP) is 4.95. The third-order valence-electron chi connectivity index (χ3n) is 4.16. The number of thioether (sulfide) groups is 1. The smallest absolute Gasteiger partial charge is 0.277 e. The molecule has 0 spiro atoms. The Morgan fingerprint density at radius 1 is 1.21 bits per heavy atom. The zero-order chi connectivity index (χ0) is 20.8. The molecule has 0 bridgehead atoms. The van der Waals surface area contributed by atoms with Crippen LogP contribution in [0.5, 0.6) is 5.75 Å². The predicted molar refractivity (Wildman–Crippen MR) is 110 cm³/mol. The van der Waals surface area contributed by atoms with Gasteiger partial charge in [-0.1, -0.05) is 43.8 Å². The first-order chi connectivity index (χ1) is 13.9. The summed E-state index contributed by atoms with van der Waals surface area (Å²) in [6, 6.07) is 12.1. The van der Waals surface area contributed by atoms with Crippen molar-refractivity contribution in [3.8, 4) is 5.75 Å². The maximum absolute atomic E-state index is 13.3. The number of carbonyl (C=O) groups excluding carboxylic acids is 1. The van der Waals surface area contributed by atoms with Gasteiger partial charge in [-0.05, 0) is 48.2 Å². The quantitative estimate of drug-likeness (QED) is 0.525. The van der Waals surface area contributed by atoms with E-state index in [1.165, 1.54) is 17.7 Å². The van der Waals surface area contributed by atoms with Gasteiger partial charge in [0.15, 0.2) is 6.61 Å². The second-order valence-electron chi connectivity index (χ2n) is 6.77. The van der Waals surface area contributed by atoms with Crippen molar-refractivity contribution in [1.29, 1.82) is 0 Å². The number of hydrogen-bond donors (Lipinski definition) is 1. The molecule has 0 atom stereocenters. The van der Waals surface area contributed by atoms with Gasteiger partial charge in [-0.25, -0.2) is 4.39 Å². The highest BCUT2D eigenvalue weighted by atomic mass is 32.2. The van der Waals surface area contributed by atoms with Gasteiger partial charge in [0.1, 0.15) is 11.6 Å². The van der Waals surface area contributed by atoms with E-state index in [4.69, 9.17) is 9.15 Å². The fourth-order valence-corrected chi connectivity index (χ4v) is 3.07. The molecule has 3 aromatic rings. The van der Waals surface area contributed by atoms with Gasteiger partial charge in [0.05, 0.1) is 5.75 Å². The fourth-order valence-electron chi connectivity index (χ4n) is 2.49. The molecule has 1 amide bonds. The molecule has 1 N–H and O–H groups in total. The zero-order valence-corrected chi connectivity index (χ0v) is 17.3. The first kappa shape index (κ1) is 20.9. The lowest BCUT2D eigenvalue weighted by atomic mass is 10.0. The molecule has 0 radical (unpaired) electrons. The highest BCUT2D eigenvalue weighted by Gasteiger charge is 2.12. The molecule has 0 aliphatic carbocycles. The monoisotopic (exact) mass is 415 g/mol. The number of halogens is 1. The summed E-state index contributed by atoms with van der Waals surface area (Å²) in [6.45, 7) is 6.20.